The number of aromatic hydroxyl groups is 1. The van der Waals surface area contributed by atoms with Gasteiger partial charge in [-0.25, -0.2) is 10.2 Å². The van der Waals surface area contributed by atoms with Crippen LogP contribution in [0.1, 0.15) is 46.1 Å². The van der Waals surface area contributed by atoms with Crippen molar-refractivity contribution in [3.63, 3.8) is 0 Å². The molecule has 2 atom stereocenters. The van der Waals surface area contributed by atoms with Crippen LogP contribution in [0.5, 0.6) is 23.0 Å². The van der Waals surface area contributed by atoms with Gasteiger partial charge in [-0.05, 0) is 88.9 Å². The molecule has 1 unspecified atom stereocenters. The maximum absolute atomic E-state index is 13.6. The highest BCUT2D eigenvalue weighted by Gasteiger charge is 2.30. The van der Waals surface area contributed by atoms with Gasteiger partial charge in [-0.15, -0.1) is 0 Å². The third-order valence-electron chi connectivity index (χ3n) is 5.05. The predicted octanol–water partition coefficient (Wildman–Crippen LogP) is 6.06. The van der Waals surface area contributed by atoms with Crippen LogP contribution in [0.2, 0.25) is 0 Å². The van der Waals surface area contributed by atoms with E-state index in [-0.39, 0.29) is 37.8 Å². The van der Waals surface area contributed by atoms with Crippen LogP contribution in [0, 0.1) is 0 Å². The lowest BCUT2D eigenvalue weighted by molar-refractivity contribution is -0.144. The lowest BCUT2D eigenvalue weighted by atomic mass is 10.0. The Morgan fingerprint density at radius 1 is 1.00 bits per heavy atom. The molecule has 0 saturated heterocycles. The van der Waals surface area contributed by atoms with Gasteiger partial charge in [0.15, 0.2) is 12.1 Å². The van der Waals surface area contributed by atoms with E-state index in [1.165, 1.54) is 6.92 Å². The van der Waals surface area contributed by atoms with E-state index in [2.05, 4.69) is 42.0 Å². The number of hydrogen-bond acceptors (Lipinski definition) is 8. The highest BCUT2D eigenvalue weighted by molar-refractivity contribution is 9.11. The Morgan fingerprint density at radius 2 is 1.63 bits per heavy atom. The second-order valence-corrected chi connectivity index (χ2v) is 12.5. The first-order chi connectivity index (χ1) is 17.9. The monoisotopic (exact) mass is 678 g/mol. The van der Waals surface area contributed by atoms with Gasteiger partial charge in [-0.3, -0.25) is 14.2 Å². The molecule has 0 heterocycles. The molecule has 13 heteroatoms. The number of esters is 2. The van der Waals surface area contributed by atoms with Crippen molar-refractivity contribution in [2.24, 2.45) is 0 Å². The van der Waals surface area contributed by atoms with Crippen molar-refractivity contribution >= 4 is 51.2 Å². The largest absolute Gasteiger partial charge is 0.508 e. The number of benzene rings is 2. The summed E-state index contributed by atoms with van der Waals surface area (Å²) in [5.41, 5.74) is 0.755. The molecule has 0 spiro atoms. The minimum atomic E-state index is -3.62. The number of phenols is 1. The summed E-state index contributed by atoms with van der Waals surface area (Å²) in [5, 5.41) is 15.4. The van der Waals surface area contributed by atoms with Gasteiger partial charge in [0.05, 0.1) is 22.2 Å². The first-order valence-electron chi connectivity index (χ1n) is 12.0. The number of nitrogens with one attached hydrogen (secondary N) is 2. The number of phenolic OH excluding ortho intramolecular Hbond substituents is 1. The fourth-order valence-electron chi connectivity index (χ4n) is 3.22. The molecule has 2 aromatic carbocycles. The Morgan fingerprint density at radius 3 is 2.21 bits per heavy atom. The summed E-state index contributed by atoms with van der Waals surface area (Å²) in [4.78, 5) is 23.9. The van der Waals surface area contributed by atoms with Gasteiger partial charge < -0.3 is 24.1 Å². The average Bonchev–Trinajstić information content (AvgIpc) is 2.85. The summed E-state index contributed by atoms with van der Waals surface area (Å²) in [6, 6.07) is 7.35. The van der Waals surface area contributed by atoms with Crippen molar-refractivity contribution in [3.05, 3.63) is 44.8 Å². The van der Waals surface area contributed by atoms with Crippen LogP contribution in [-0.2, 0) is 23.6 Å². The van der Waals surface area contributed by atoms with Crippen LogP contribution >= 0.6 is 39.3 Å². The first kappa shape index (κ1) is 32.1. The van der Waals surface area contributed by atoms with Gasteiger partial charge in [0, 0.05) is 5.56 Å². The molecule has 2 aromatic rings. The van der Waals surface area contributed by atoms with Crippen LogP contribution in [-0.4, -0.2) is 49.2 Å². The molecule has 0 bridgehead atoms. The van der Waals surface area contributed by atoms with Crippen molar-refractivity contribution in [2.75, 3.05) is 26.1 Å². The van der Waals surface area contributed by atoms with E-state index in [4.69, 9.17) is 18.9 Å². The van der Waals surface area contributed by atoms with E-state index in [0.717, 1.165) is 5.56 Å². The molecule has 38 heavy (non-hydrogen) atoms. The van der Waals surface area contributed by atoms with Crippen LogP contribution in [0.25, 0.3) is 0 Å². The van der Waals surface area contributed by atoms with Gasteiger partial charge in [0.2, 0.25) is 7.44 Å². The molecule has 0 aliphatic rings. The second kappa shape index (κ2) is 14.9. The maximum atomic E-state index is 13.6. The molecule has 0 radical (unpaired) electrons. The standard InChI is InChI=1S/C25H33Br2N2O8P/c1-6-34-23(31)13-28-38(33,29-16(5)25(32)35-7-2)14-36-18-11-20(26)24(21(27)12-18)37-17-8-9-22(30)19(10-17)15(3)4/h8-12,15-16,30H,6-7,13-14H2,1-5H3,(H2,28,29,33)/t16-,38?/m0/s1. The quantitative estimate of drug-likeness (QED) is 0.160. The highest BCUT2D eigenvalue weighted by Crippen LogP contribution is 2.43. The summed E-state index contributed by atoms with van der Waals surface area (Å²) >= 11 is 6.95. The topological polar surface area (TPSA) is 132 Å². The SMILES string of the molecule is CCOC(=O)CNP(=O)(COc1cc(Br)c(Oc2ccc(O)c(C(C)C)c2)c(Br)c1)N[C@@H](C)C(=O)OCC. The van der Waals surface area contributed by atoms with Gasteiger partial charge in [0.1, 0.15) is 29.8 Å². The van der Waals surface area contributed by atoms with Crippen LogP contribution in [0.3, 0.4) is 0 Å². The molecule has 210 valence electrons. The van der Waals surface area contributed by atoms with Crippen molar-refractivity contribution in [1.82, 2.24) is 10.2 Å². The number of hydrogen-bond donors (Lipinski definition) is 3. The zero-order valence-corrected chi connectivity index (χ0v) is 25.9. The Labute approximate surface area is 239 Å². The summed E-state index contributed by atoms with van der Waals surface area (Å²) in [6.07, 6.45) is -0.384. The van der Waals surface area contributed by atoms with E-state index in [0.29, 0.717) is 26.2 Å². The van der Waals surface area contributed by atoms with E-state index >= 15 is 0 Å². The normalized spacial score (nSPS) is 13.5. The molecule has 3 N–H and O–H groups in total. The molecule has 2 rings (SSSR count). The summed E-state index contributed by atoms with van der Waals surface area (Å²) in [5.74, 6) is 0.457. The molecular weight excluding hydrogens is 647 g/mol. The maximum Gasteiger partial charge on any atom is 0.323 e. The summed E-state index contributed by atoms with van der Waals surface area (Å²) in [7, 11) is -3.62. The zero-order chi connectivity index (χ0) is 28.5. The Balaban J connectivity index is 2.20. The Hall–Kier alpha value is -2.11. The molecule has 0 aromatic heterocycles. The molecule has 0 saturated carbocycles. The third kappa shape index (κ3) is 9.57. The number of rotatable bonds is 14. The van der Waals surface area contributed by atoms with Crippen LogP contribution in [0.15, 0.2) is 39.3 Å². The number of ether oxygens (including phenoxy) is 4. The molecule has 0 aliphatic carbocycles. The first-order valence-corrected chi connectivity index (χ1v) is 15.4. The molecule has 0 amide bonds. The summed E-state index contributed by atoms with van der Waals surface area (Å²) < 4.78 is 36.4. The molecule has 10 nitrogen and oxygen atoms in total. The molecular formula is C25H33Br2N2O8P. The Kier molecular flexibility index (Phi) is 12.6. The van der Waals surface area contributed by atoms with Gasteiger partial charge in [-0.2, -0.15) is 0 Å². The molecule has 0 aliphatic heterocycles. The predicted molar refractivity (Wildman–Crippen MR) is 151 cm³/mol. The summed E-state index contributed by atoms with van der Waals surface area (Å²) in [6.45, 7) is 8.77. The fourth-order valence-corrected chi connectivity index (χ4v) is 6.23. The smallest absolute Gasteiger partial charge is 0.323 e. The number of carbonyl (C=O) groups is 2. The number of halogens is 2. The highest BCUT2D eigenvalue weighted by atomic mass is 79.9. The Bertz CT molecular complexity index is 1160. The van der Waals surface area contributed by atoms with Gasteiger partial charge in [-0.1, -0.05) is 13.8 Å². The van der Waals surface area contributed by atoms with Gasteiger partial charge >= 0.3 is 11.9 Å². The van der Waals surface area contributed by atoms with Crippen molar-refractivity contribution in [1.29, 1.82) is 0 Å². The average molecular weight is 680 g/mol. The van der Waals surface area contributed by atoms with Crippen molar-refractivity contribution in [2.45, 2.75) is 46.6 Å². The number of carbonyl (C=O) groups excluding carboxylic acids is 2. The zero-order valence-electron chi connectivity index (χ0n) is 21.9. The van der Waals surface area contributed by atoms with Crippen molar-refractivity contribution < 1.29 is 38.2 Å². The van der Waals surface area contributed by atoms with E-state index in [1.54, 1.807) is 44.2 Å². The van der Waals surface area contributed by atoms with Crippen LogP contribution < -0.4 is 19.6 Å². The van der Waals surface area contributed by atoms with E-state index < -0.39 is 25.4 Å². The third-order valence-corrected chi connectivity index (χ3v) is 8.20. The minimum absolute atomic E-state index is 0.106. The van der Waals surface area contributed by atoms with Crippen molar-refractivity contribution in [3.8, 4) is 23.0 Å². The molecule has 0 fully saturated rings. The lowest BCUT2D eigenvalue weighted by Gasteiger charge is -2.24. The minimum Gasteiger partial charge on any atom is -0.508 e. The van der Waals surface area contributed by atoms with Crippen LogP contribution in [0.4, 0.5) is 0 Å². The van der Waals surface area contributed by atoms with Gasteiger partial charge in [0.25, 0.3) is 0 Å². The second-order valence-electron chi connectivity index (χ2n) is 8.45. The van der Waals surface area contributed by atoms with E-state index in [1.807, 2.05) is 13.8 Å². The lowest BCUT2D eigenvalue weighted by Crippen LogP contribution is -2.39. The van der Waals surface area contributed by atoms with E-state index in [9.17, 15) is 19.3 Å². The fraction of sp³-hybridized carbons (Fsp3) is 0.440.